The third kappa shape index (κ3) is 14200. The quantitative estimate of drug-likeness (QED) is 0.431. The molecule has 0 fully saturated rings. The molecule has 0 heterocycles. The molecule has 11 heteroatoms. The molecule has 1 amide bonds. The Hall–Kier alpha value is 0.304. The van der Waals surface area contributed by atoms with E-state index in [1.54, 1.807) is 0 Å². The second kappa shape index (κ2) is 84.9. The summed E-state index contributed by atoms with van der Waals surface area (Å²) in [7, 11) is 9.40. The Balaban J connectivity index is -0.00000000444. The molecule has 0 bridgehead atoms. The van der Waals surface area contributed by atoms with Crippen LogP contribution < -0.4 is 5.73 Å². The van der Waals surface area contributed by atoms with E-state index in [0.29, 0.717) is 12.7 Å². The number of amides is 1. The van der Waals surface area contributed by atoms with Gasteiger partial charge in [0.05, 0.1) is 0 Å². The van der Waals surface area contributed by atoms with Crippen molar-refractivity contribution in [3.63, 3.8) is 0 Å². The van der Waals surface area contributed by atoms with Crippen LogP contribution in [0.4, 0.5) is 0 Å². The van der Waals surface area contributed by atoms with Gasteiger partial charge in [0.1, 0.15) is 0 Å². The van der Waals surface area contributed by atoms with Crippen molar-refractivity contribution in [3.05, 3.63) is 0 Å². The molecular formula is C2H17Cl2NNiO7. The number of hydrogen-bond acceptors (Lipinski definition) is 1. The van der Waals surface area contributed by atoms with Crippen molar-refractivity contribution in [2.75, 3.05) is 0 Å². The fraction of sp³-hybridized carbons (Fsp3) is 0.500. The zero-order valence-corrected chi connectivity index (χ0v) is 9.06. The van der Waals surface area contributed by atoms with E-state index >= 15 is 0 Å². The van der Waals surface area contributed by atoms with Gasteiger partial charge in [-0.15, -0.1) is 0 Å². The molecule has 0 aliphatic rings. The van der Waals surface area contributed by atoms with Crippen LogP contribution in [0.3, 0.4) is 0 Å². The van der Waals surface area contributed by atoms with Crippen LogP contribution >= 0.6 is 20.4 Å². The first-order valence-corrected chi connectivity index (χ1v) is 3.95. The van der Waals surface area contributed by atoms with Gasteiger partial charge >= 0.3 is 33.0 Å². The van der Waals surface area contributed by atoms with Crippen LogP contribution in [-0.2, 0) is 17.4 Å². The summed E-state index contributed by atoms with van der Waals surface area (Å²) in [5, 5.41) is 0. The number of carbonyl (C=O) groups excluding carboxylic acids is 1. The first kappa shape index (κ1) is 71.6. The summed E-state index contributed by atoms with van der Waals surface area (Å²) in [6.45, 7) is 1.31. The standard InChI is InChI=1S/C2H5NO.2ClH.Ni.6H2O/c1-2(3)4;;;;;;;;;/h1H3,(H2,3,4);2*1H;;6*1H2/q;;;+2;;;;;;/p-2. The average molecular weight is 297 g/mol. The molecule has 0 rings (SSSR count). The summed E-state index contributed by atoms with van der Waals surface area (Å²) < 4.78 is 0. The molecular weight excluding hydrogens is 280 g/mol. The molecule has 0 aliphatic heterocycles. The van der Waals surface area contributed by atoms with Crippen LogP contribution in [0.2, 0.25) is 0 Å². The Morgan fingerprint density at radius 3 is 1.00 bits per heavy atom. The first-order chi connectivity index (χ1) is 3.15. The van der Waals surface area contributed by atoms with Crippen LogP contribution in [0.5, 0.6) is 0 Å². The molecule has 13 heavy (non-hydrogen) atoms. The zero-order valence-electron chi connectivity index (χ0n) is 6.56. The van der Waals surface area contributed by atoms with Crippen molar-refractivity contribution in [1.29, 1.82) is 0 Å². The van der Waals surface area contributed by atoms with E-state index in [1.165, 1.54) is 6.92 Å². The Bertz CT molecular complexity index is 55.8. The second-order valence-corrected chi connectivity index (χ2v) is 2.29. The molecule has 0 aromatic heterocycles. The Morgan fingerprint density at radius 1 is 1.00 bits per heavy atom. The molecule has 14 N–H and O–H groups in total. The van der Waals surface area contributed by atoms with Crippen molar-refractivity contribution in [2.24, 2.45) is 5.73 Å². The number of carbonyl (C=O) groups is 1. The molecule has 0 aromatic rings. The second-order valence-electron chi connectivity index (χ2n) is 0.656. The molecule has 0 saturated heterocycles. The van der Waals surface area contributed by atoms with Crippen molar-refractivity contribution in [3.8, 4) is 0 Å². The van der Waals surface area contributed by atoms with Gasteiger partial charge in [0.15, 0.2) is 0 Å². The van der Waals surface area contributed by atoms with E-state index in [1.807, 2.05) is 0 Å². The molecule has 0 atom stereocenters. The van der Waals surface area contributed by atoms with Crippen molar-refractivity contribution in [1.82, 2.24) is 0 Å². The molecule has 0 saturated carbocycles. The summed E-state index contributed by atoms with van der Waals surface area (Å²) >= 11 is 0.569. The van der Waals surface area contributed by atoms with Crippen LogP contribution in [0, 0.1) is 0 Å². The number of hydrogen-bond donors (Lipinski definition) is 1. The van der Waals surface area contributed by atoms with Gasteiger partial charge in [-0.3, -0.25) is 4.79 Å². The predicted octanol–water partition coefficient (Wildman–Crippen LogP) is -4.08. The van der Waals surface area contributed by atoms with E-state index < -0.39 is 0 Å². The normalized spacial score (nSPS) is 3.62. The molecule has 0 spiro atoms. The molecule has 8 nitrogen and oxygen atoms in total. The summed E-state index contributed by atoms with van der Waals surface area (Å²) in [5.74, 6) is -0.333. The van der Waals surface area contributed by atoms with Gasteiger partial charge in [0.25, 0.3) is 0 Å². The van der Waals surface area contributed by atoms with E-state index in [0.717, 1.165) is 0 Å². The van der Waals surface area contributed by atoms with Gasteiger partial charge in [-0.05, 0) is 0 Å². The van der Waals surface area contributed by atoms with Crippen LogP contribution in [0.15, 0.2) is 0 Å². The Morgan fingerprint density at radius 2 is 1.00 bits per heavy atom. The average Bonchev–Trinajstić information content (AvgIpc) is 1.33. The predicted molar refractivity (Wildman–Crippen MR) is 48.3 cm³/mol. The van der Waals surface area contributed by atoms with Crippen LogP contribution in [0.25, 0.3) is 0 Å². The summed E-state index contributed by atoms with van der Waals surface area (Å²) in [5.41, 5.74) is 4.47. The molecule has 96 valence electrons. The molecule has 0 radical (unpaired) electrons. The van der Waals surface area contributed by atoms with Gasteiger partial charge in [0, 0.05) is 6.92 Å². The van der Waals surface area contributed by atoms with Gasteiger partial charge in [-0.1, -0.05) is 0 Å². The maximum absolute atomic E-state index is 9.22. The Kier molecular flexibility index (Phi) is 467. The third-order valence-corrected chi connectivity index (χ3v) is 0. The summed E-state index contributed by atoms with van der Waals surface area (Å²) in [6.07, 6.45) is 0. The molecule has 0 aromatic carbocycles. The van der Waals surface area contributed by atoms with Crippen LogP contribution in [0.1, 0.15) is 6.92 Å². The SMILES string of the molecule is CC(N)=O.O.O.O.O.O.O.[Cl][Ni][Cl]. The van der Waals surface area contributed by atoms with E-state index in [-0.39, 0.29) is 38.8 Å². The van der Waals surface area contributed by atoms with Gasteiger partial charge in [-0.2, -0.15) is 0 Å². The number of halogens is 2. The van der Waals surface area contributed by atoms with Gasteiger partial charge in [-0.25, -0.2) is 0 Å². The minimum absolute atomic E-state index is 0. The van der Waals surface area contributed by atoms with E-state index in [9.17, 15) is 4.79 Å². The molecule has 0 aliphatic carbocycles. The zero-order chi connectivity index (χ0) is 6.28. The summed E-state index contributed by atoms with van der Waals surface area (Å²) in [4.78, 5) is 9.22. The number of rotatable bonds is 0. The topological polar surface area (TPSA) is 232 Å². The van der Waals surface area contributed by atoms with E-state index in [2.05, 4.69) is 5.73 Å². The monoisotopic (exact) mass is 295 g/mol. The fourth-order valence-electron chi connectivity index (χ4n) is 0. The first-order valence-electron chi connectivity index (χ1n) is 1.23. The third-order valence-electron chi connectivity index (χ3n) is 0. The Labute approximate surface area is 89.6 Å². The number of nitrogens with two attached hydrogens (primary N) is 1. The van der Waals surface area contributed by atoms with E-state index in [4.69, 9.17) is 20.4 Å². The number of primary amides is 1. The fourth-order valence-corrected chi connectivity index (χ4v) is 0. The van der Waals surface area contributed by atoms with Crippen LogP contribution in [-0.4, -0.2) is 38.8 Å². The van der Waals surface area contributed by atoms with Crippen molar-refractivity contribution >= 4 is 26.3 Å². The van der Waals surface area contributed by atoms with Gasteiger partial charge in [0.2, 0.25) is 5.91 Å². The maximum atomic E-state index is 9.22. The van der Waals surface area contributed by atoms with Gasteiger partial charge < -0.3 is 38.6 Å². The van der Waals surface area contributed by atoms with Crippen molar-refractivity contribution < 1.29 is 50.3 Å². The van der Waals surface area contributed by atoms with Crippen molar-refractivity contribution in [2.45, 2.75) is 6.92 Å². The summed E-state index contributed by atoms with van der Waals surface area (Å²) in [6, 6.07) is 0. The minimum atomic E-state index is -0.333. The molecule has 0 unspecified atom stereocenters.